The zero-order valence-electron chi connectivity index (χ0n) is 12.4. The summed E-state index contributed by atoms with van der Waals surface area (Å²) in [6.45, 7) is 0. The Hall–Kier alpha value is -1.95. The summed E-state index contributed by atoms with van der Waals surface area (Å²) in [6, 6.07) is 6.20. The van der Waals surface area contributed by atoms with Crippen molar-refractivity contribution in [2.45, 2.75) is 44.2 Å². The number of hydrogen-bond acceptors (Lipinski definition) is 4. The molecule has 0 aromatic heterocycles. The van der Waals surface area contributed by atoms with Crippen LogP contribution in [-0.4, -0.2) is 22.9 Å². The minimum Gasteiger partial charge on any atom is -0.349 e. The van der Waals surface area contributed by atoms with Crippen LogP contribution < -0.4 is 11.1 Å². The van der Waals surface area contributed by atoms with E-state index in [9.17, 15) is 14.9 Å². The molecule has 3 rings (SSSR count). The first-order valence-electron chi connectivity index (χ1n) is 7.85. The Morgan fingerprint density at radius 2 is 1.77 bits per heavy atom. The molecular weight excluding hydrogens is 282 g/mol. The van der Waals surface area contributed by atoms with Crippen molar-refractivity contribution in [1.29, 1.82) is 0 Å². The Morgan fingerprint density at radius 3 is 2.32 bits per heavy atom. The van der Waals surface area contributed by atoms with Gasteiger partial charge in [0.05, 0.1) is 4.92 Å². The molecule has 22 heavy (non-hydrogen) atoms. The van der Waals surface area contributed by atoms with Gasteiger partial charge < -0.3 is 11.1 Å². The van der Waals surface area contributed by atoms with Crippen molar-refractivity contribution in [2.75, 3.05) is 0 Å². The highest BCUT2D eigenvalue weighted by molar-refractivity contribution is 5.94. The molecule has 2 atom stereocenters. The van der Waals surface area contributed by atoms with Crippen LogP contribution in [0.4, 0.5) is 5.69 Å². The molecule has 1 aromatic rings. The van der Waals surface area contributed by atoms with E-state index >= 15 is 0 Å². The molecule has 6 heteroatoms. The fraction of sp³-hybridized carbons (Fsp3) is 0.562. The standard InChI is InChI=1S/C16H21N3O3/c17-13-8-11-2-1-3-12(9-13)15(11)18-16(20)10-4-6-14(7-5-10)19(21)22/h4-7,11-13,15H,1-3,8-9,17H2,(H,18,20). The molecule has 118 valence electrons. The van der Waals surface area contributed by atoms with Crippen LogP contribution in [-0.2, 0) is 0 Å². The summed E-state index contributed by atoms with van der Waals surface area (Å²) in [5.41, 5.74) is 6.57. The minimum atomic E-state index is -0.464. The second-order valence-corrected chi connectivity index (χ2v) is 6.49. The lowest BCUT2D eigenvalue weighted by molar-refractivity contribution is -0.384. The highest BCUT2D eigenvalue weighted by Crippen LogP contribution is 2.39. The zero-order valence-corrected chi connectivity index (χ0v) is 12.4. The normalized spacial score (nSPS) is 30.6. The van der Waals surface area contributed by atoms with Gasteiger partial charge in [0.1, 0.15) is 0 Å². The molecule has 2 bridgehead atoms. The van der Waals surface area contributed by atoms with E-state index in [1.807, 2.05) is 0 Å². The number of carbonyl (C=O) groups excluding carboxylic acids is 1. The van der Waals surface area contributed by atoms with E-state index in [1.54, 1.807) is 0 Å². The smallest absolute Gasteiger partial charge is 0.269 e. The predicted octanol–water partition coefficient (Wildman–Crippen LogP) is 2.23. The van der Waals surface area contributed by atoms with E-state index in [2.05, 4.69) is 5.32 Å². The number of nitrogens with two attached hydrogens (primary N) is 1. The number of non-ortho nitro benzene ring substituents is 1. The molecule has 0 spiro atoms. The van der Waals surface area contributed by atoms with E-state index in [0.717, 1.165) is 25.7 Å². The molecule has 2 aliphatic carbocycles. The zero-order chi connectivity index (χ0) is 15.7. The Labute approximate surface area is 129 Å². The van der Waals surface area contributed by atoms with Crippen LogP contribution in [0, 0.1) is 22.0 Å². The maximum atomic E-state index is 12.4. The number of nitrogens with one attached hydrogen (secondary N) is 1. The minimum absolute atomic E-state index is 0.00272. The summed E-state index contributed by atoms with van der Waals surface area (Å²) in [6.07, 6.45) is 5.40. The average molecular weight is 303 g/mol. The summed E-state index contributed by atoms with van der Waals surface area (Å²) in [5, 5.41) is 13.8. The van der Waals surface area contributed by atoms with E-state index in [4.69, 9.17) is 5.73 Å². The second kappa shape index (κ2) is 6.04. The number of rotatable bonds is 3. The summed E-state index contributed by atoms with van der Waals surface area (Å²) >= 11 is 0. The molecular formula is C16H21N3O3. The Morgan fingerprint density at radius 1 is 1.18 bits per heavy atom. The van der Waals surface area contributed by atoms with E-state index in [0.29, 0.717) is 17.4 Å². The van der Waals surface area contributed by atoms with Crippen molar-refractivity contribution in [1.82, 2.24) is 5.32 Å². The van der Waals surface area contributed by atoms with Gasteiger partial charge in [-0.05, 0) is 49.7 Å². The van der Waals surface area contributed by atoms with Gasteiger partial charge in [0.15, 0.2) is 0 Å². The number of amides is 1. The van der Waals surface area contributed by atoms with E-state index < -0.39 is 4.92 Å². The van der Waals surface area contributed by atoms with Crippen LogP contribution in [0.15, 0.2) is 24.3 Å². The molecule has 3 N–H and O–H groups in total. The Kier molecular flexibility index (Phi) is 4.11. The molecule has 0 saturated heterocycles. The molecule has 0 radical (unpaired) electrons. The van der Waals surface area contributed by atoms with Gasteiger partial charge >= 0.3 is 0 Å². The maximum absolute atomic E-state index is 12.4. The largest absolute Gasteiger partial charge is 0.349 e. The predicted molar refractivity (Wildman–Crippen MR) is 82.4 cm³/mol. The van der Waals surface area contributed by atoms with Crippen LogP contribution in [0.2, 0.25) is 0 Å². The summed E-state index contributed by atoms with van der Waals surface area (Å²) in [5.74, 6) is 0.779. The highest BCUT2D eigenvalue weighted by Gasteiger charge is 2.39. The number of hydrogen-bond donors (Lipinski definition) is 2. The average Bonchev–Trinajstić information content (AvgIpc) is 2.48. The quantitative estimate of drug-likeness (QED) is 0.660. The summed E-state index contributed by atoms with van der Waals surface area (Å²) in [7, 11) is 0. The SMILES string of the molecule is NC1CC2CCCC(C1)C2NC(=O)c1ccc([N+](=O)[O-])cc1. The van der Waals surface area contributed by atoms with Gasteiger partial charge in [-0.15, -0.1) is 0 Å². The third kappa shape index (κ3) is 2.97. The third-order valence-corrected chi connectivity index (χ3v) is 5.01. The van der Waals surface area contributed by atoms with Gasteiger partial charge in [0, 0.05) is 29.8 Å². The fourth-order valence-corrected chi connectivity index (χ4v) is 3.99. The van der Waals surface area contributed by atoms with Crippen molar-refractivity contribution in [2.24, 2.45) is 17.6 Å². The molecule has 0 heterocycles. The van der Waals surface area contributed by atoms with Crippen LogP contribution in [0.1, 0.15) is 42.5 Å². The highest BCUT2D eigenvalue weighted by atomic mass is 16.6. The molecule has 2 aliphatic rings. The Bertz CT molecular complexity index is 559. The molecule has 2 fully saturated rings. The number of benzene rings is 1. The van der Waals surface area contributed by atoms with Gasteiger partial charge in [0.25, 0.3) is 11.6 Å². The van der Waals surface area contributed by atoms with Gasteiger partial charge in [0.2, 0.25) is 0 Å². The van der Waals surface area contributed by atoms with Gasteiger partial charge in [-0.1, -0.05) is 6.42 Å². The van der Waals surface area contributed by atoms with Gasteiger partial charge in [-0.2, -0.15) is 0 Å². The number of fused-ring (bicyclic) bond motifs is 2. The van der Waals surface area contributed by atoms with Crippen LogP contribution >= 0.6 is 0 Å². The number of carbonyl (C=O) groups is 1. The number of nitrogens with zero attached hydrogens (tertiary/aromatic N) is 1. The van der Waals surface area contributed by atoms with E-state index in [1.165, 1.54) is 30.7 Å². The van der Waals surface area contributed by atoms with E-state index in [-0.39, 0.29) is 23.7 Å². The fourth-order valence-electron chi connectivity index (χ4n) is 3.99. The third-order valence-electron chi connectivity index (χ3n) is 5.01. The first-order valence-corrected chi connectivity index (χ1v) is 7.85. The summed E-state index contributed by atoms with van der Waals surface area (Å²) < 4.78 is 0. The lowest BCUT2D eigenvalue weighted by Gasteiger charge is -2.45. The first-order chi connectivity index (χ1) is 10.5. The second-order valence-electron chi connectivity index (χ2n) is 6.49. The molecule has 2 saturated carbocycles. The molecule has 6 nitrogen and oxygen atoms in total. The lowest BCUT2D eigenvalue weighted by Crippen LogP contribution is -2.53. The number of nitro groups is 1. The molecule has 1 amide bonds. The Balaban J connectivity index is 1.69. The lowest BCUT2D eigenvalue weighted by atomic mass is 9.67. The van der Waals surface area contributed by atoms with Crippen LogP contribution in [0.5, 0.6) is 0 Å². The maximum Gasteiger partial charge on any atom is 0.269 e. The van der Waals surface area contributed by atoms with Crippen molar-refractivity contribution in [3.8, 4) is 0 Å². The summed E-state index contributed by atoms with van der Waals surface area (Å²) in [4.78, 5) is 22.6. The van der Waals surface area contributed by atoms with Crippen LogP contribution in [0.25, 0.3) is 0 Å². The molecule has 0 aliphatic heterocycles. The monoisotopic (exact) mass is 303 g/mol. The van der Waals surface area contributed by atoms with Gasteiger partial charge in [-0.3, -0.25) is 14.9 Å². The van der Waals surface area contributed by atoms with Crippen molar-refractivity contribution < 1.29 is 9.72 Å². The number of nitro benzene ring substituents is 1. The van der Waals surface area contributed by atoms with Crippen molar-refractivity contribution in [3.05, 3.63) is 39.9 Å². The molecule has 1 aromatic carbocycles. The van der Waals surface area contributed by atoms with Gasteiger partial charge in [-0.25, -0.2) is 0 Å². The van der Waals surface area contributed by atoms with Crippen molar-refractivity contribution >= 4 is 11.6 Å². The first kappa shape index (κ1) is 15.0. The van der Waals surface area contributed by atoms with Crippen LogP contribution in [0.3, 0.4) is 0 Å². The van der Waals surface area contributed by atoms with Crippen molar-refractivity contribution in [3.63, 3.8) is 0 Å². The molecule has 2 unspecified atom stereocenters. The topological polar surface area (TPSA) is 98.3 Å².